The zero-order chi connectivity index (χ0) is 14.6. The minimum absolute atomic E-state index is 0.211. The van der Waals surface area contributed by atoms with Gasteiger partial charge in [0.2, 0.25) is 5.43 Å². The molecular weight excluding hydrogens is 356 g/mol. The Morgan fingerprint density at radius 1 is 1.24 bits per heavy atom. The molecule has 6 heteroatoms. The molecule has 0 saturated carbocycles. The van der Waals surface area contributed by atoms with Crippen LogP contribution in [0, 0.1) is 0 Å². The van der Waals surface area contributed by atoms with Crippen LogP contribution in [0.15, 0.2) is 50.2 Å². The summed E-state index contributed by atoms with van der Waals surface area (Å²) in [6, 6.07) is 8.74. The van der Waals surface area contributed by atoms with E-state index in [2.05, 4.69) is 25.9 Å². The van der Waals surface area contributed by atoms with Gasteiger partial charge in [-0.25, -0.2) is 4.98 Å². The van der Waals surface area contributed by atoms with Crippen molar-refractivity contribution < 1.29 is 4.42 Å². The number of nitrogens with zero attached hydrogens (tertiary/aromatic N) is 2. The van der Waals surface area contributed by atoms with E-state index in [0.717, 1.165) is 0 Å². The van der Waals surface area contributed by atoms with E-state index in [0.29, 0.717) is 43.0 Å². The average molecular weight is 362 g/mol. The first kappa shape index (κ1) is 12.7. The predicted molar refractivity (Wildman–Crippen MR) is 84.9 cm³/mol. The SMILES string of the molecule is O=c1c(Br)c2oc3ccc(Cl)cc3nc-2c2cccnc12. The molecule has 102 valence electrons. The third-order valence-electron chi connectivity index (χ3n) is 3.26. The van der Waals surface area contributed by atoms with Crippen molar-refractivity contribution in [3.05, 3.63) is 56.2 Å². The normalized spacial score (nSPS) is 11.5. The third kappa shape index (κ3) is 1.85. The molecular formula is C15H6BrClN2O2. The van der Waals surface area contributed by atoms with Crippen molar-refractivity contribution >= 4 is 49.5 Å². The minimum atomic E-state index is -0.211. The molecule has 0 saturated heterocycles. The second-order valence-corrected chi connectivity index (χ2v) is 5.78. The quantitative estimate of drug-likeness (QED) is 0.347. The number of pyridine rings is 1. The first-order chi connectivity index (χ1) is 10.1. The molecule has 0 N–H and O–H groups in total. The fourth-order valence-corrected chi connectivity index (χ4v) is 2.93. The van der Waals surface area contributed by atoms with Gasteiger partial charge in [-0.3, -0.25) is 9.78 Å². The molecule has 1 aromatic carbocycles. The van der Waals surface area contributed by atoms with Crippen LogP contribution in [0.1, 0.15) is 0 Å². The van der Waals surface area contributed by atoms with Gasteiger partial charge in [-0.15, -0.1) is 0 Å². The lowest BCUT2D eigenvalue weighted by molar-refractivity contribution is 0.610. The monoisotopic (exact) mass is 360 g/mol. The maximum Gasteiger partial charge on any atom is 0.222 e. The Morgan fingerprint density at radius 2 is 2.10 bits per heavy atom. The molecule has 2 aliphatic rings. The Morgan fingerprint density at radius 3 is 2.95 bits per heavy atom. The zero-order valence-corrected chi connectivity index (χ0v) is 12.8. The van der Waals surface area contributed by atoms with Crippen molar-refractivity contribution in [2.45, 2.75) is 0 Å². The maximum absolute atomic E-state index is 12.3. The first-order valence-corrected chi connectivity index (χ1v) is 7.28. The van der Waals surface area contributed by atoms with Crippen molar-refractivity contribution in [2.75, 3.05) is 0 Å². The van der Waals surface area contributed by atoms with Gasteiger partial charge in [-0.2, -0.15) is 0 Å². The zero-order valence-electron chi connectivity index (χ0n) is 10.4. The number of fused-ring (bicyclic) bond motifs is 4. The highest BCUT2D eigenvalue weighted by Crippen LogP contribution is 2.34. The van der Waals surface area contributed by atoms with Gasteiger partial charge in [-0.05, 0) is 46.3 Å². The fourth-order valence-electron chi connectivity index (χ4n) is 2.31. The van der Waals surface area contributed by atoms with Crippen molar-refractivity contribution in [3.63, 3.8) is 0 Å². The molecule has 4 rings (SSSR count). The van der Waals surface area contributed by atoms with E-state index < -0.39 is 0 Å². The number of hydrogen-bond acceptors (Lipinski definition) is 4. The van der Waals surface area contributed by atoms with E-state index in [1.165, 1.54) is 0 Å². The summed E-state index contributed by atoms with van der Waals surface area (Å²) in [5.74, 6) is 0.412. The van der Waals surface area contributed by atoms with E-state index in [-0.39, 0.29) is 5.43 Å². The number of aromatic nitrogens is 2. The Balaban J connectivity index is 2.30. The summed E-state index contributed by atoms with van der Waals surface area (Å²) in [7, 11) is 0. The van der Waals surface area contributed by atoms with Gasteiger partial charge in [0, 0.05) is 16.6 Å². The molecule has 1 aliphatic heterocycles. The van der Waals surface area contributed by atoms with E-state index >= 15 is 0 Å². The van der Waals surface area contributed by atoms with Crippen LogP contribution in [0.4, 0.5) is 0 Å². The van der Waals surface area contributed by atoms with Crippen molar-refractivity contribution in [2.24, 2.45) is 0 Å². The molecule has 1 aliphatic carbocycles. The number of benzene rings is 2. The van der Waals surface area contributed by atoms with E-state index in [4.69, 9.17) is 16.0 Å². The molecule has 2 aromatic rings. The molecule has 0 spiro atoms. The highest BCUT2D eigenvalue weighted by atomic mass is 79.9. The summed E-state index contributed by atoms with van der Waals surface area (Å²) in [5, 5.41) is 1.23. The number of rotatable bonds is 0. The van der Waals surface area contributed by atoms with Crippen LogP contribution in [-0.2, 0) is 0 Å². The molecule has 2 heterocycles. The minimum Gasteiger partial charge on any atom is -0.451 e. The van der Waals surface area contributed by atoms with Gasteiger partial charge in [-0.1, -0.05) is 11.6 Å². The van der Waals surface area contributed by atoms with Gasteiger partial charge >= 0.3 is 0 Å². The molecule has 4 nitrogen and oxygen atoms in total. The molecule has 0 bridgehead atoms. The van der Waals surface area contributed by atoms with Gasteiger partial charge < -0.3 is 4.42 Å². The maximum atomic E-state index is 12.3. The largest absolute Gasteiger partial charge is 0.451 e. The standard InChI is InChI=1S/C15H6BrClN2O2/c16-11-14(20)12-8(2-1-5-18-12)13-15(11)21-10-4-3-7(17)6-9(10)19-13/h1-6H. The van der Waals surface area contributed by atoms with E-state index in [1.54, 1.807) is 36.5 Å². The Bertz CT molecular complexity index is 1040. The lowest BCUT2D eigenvalue weighted by Gasteiger charge is -2.10. The molecule has 21 heavy (non-hydrogen) atoms. The summed E-state index contributed by atoms with van der Waals surface area (Å²) < 4.78 is 6.15. The predicted octanol–water partition coefficient (Wildman–Crippen LogP) is 4.26. The van der Waals surface area contributed by atoms with Gasteiger partial charge in [0.1, 0.15) is 21.2 Å². The summed E-state index contributed by atoms with van der Waals surface area (Å²) in [6.07, 6.45) is 1.58. The van der Waals surface area contributed by atoms with Gasteiger partial charge in [0.25, 0.3) is 0 Å². The Hall–Kier alpha value is -1.98. The Labute approximate surface area is 131 Å². The van der Waals surface area contributed by atoms with Crippen LogP contribution in [0.2, 0.25) is 5.02 Å². The van der Waals surface area contributed by atoms with Crippen LogP contribution in [0.3, 0.4) is 0 Å². The molecule has 0 fully saturated rings. The van der Waals surface area contributed by atoms with E-state index in [9.17, 15) is 4.79 Å². The fraction of sp³-hybridized carbons (Fsp3) is 0. The lowest BCUT2D eigenvalue weighted by Crippen LogP contribution is -2.08. The van der Waals surface area contributed by atoms with Crippen molar-refractivity contribution in [1.82, 2.24) is 9.97 Å². The molecule has 0 atom stereocenters. The highest BCUT2D eigenvalue weighted by molar-refractivity contribution is 9.10. The highest BCUT2D eigenvalue weighted by Gasteiger charge is 2.21. The van der Waals surface area contributed by atoms with Crippen molar-refractivity contribution in [3.8, 4) is 11.5 Å². The van der Waals surface area contributed by atoms with Crippen molar-refractivity contribution in [1.29, 1.82) is 0 Å². The summed E-state index contributed by atoms with van der Waals surface area (Å²) in [4.78, 5) is 21.0. The second-order valence-electron chi connectivity index (χ2n) is 4.55. The van der Waals surface area contributed by atoms with Crippen LogP contribution < -0.4 is 5.43 Å². The smallest absolute Gasteiger partial charge is 0.222 e. The van der Waals surface area contributed by atoms with Gasteiger partial charge in [0.15, 0.2) is 11.3 Å². The van der Waals surface area contributed by atoms with Gasteiger partial charge in [0.05, 0.1) is 0 Å². The molecule has 1 aromatic heterocycles. The molecule has 0 radical (unpaired) electrons. The summed E-state index contributed by atoms with van der Waals surface area (Å²) in [5.41, 5.74) is 1.93. The number of halogens is 2. The van der Waals surface area contributed by atoms with Crippen LogP contribution in [0.25, 0.3) is 33.5 Å². The molecule has 0 unspecified atom stereocenters. The number of hydrogen-bond donors (Lipinski definition) is 0. The Kier molecular flexibility index (Phi) is 2.74. The molecule has 0 amide bonds. The van der Waals surface area contributed by atoms with Crippen LogP contribution >= 0.6 is 27.5 Å². The van der Waals surface area contributed by atoms with Crippen LogP contribution in [-0.4, -0.2) is 9.97 Å². The van der Waals surface area contributed by atoms with E-state index in [1.807, 2.05) is 0 Å². The third-order valence-corrected chi connectivity index (χ3v) is 4.21. The summed E-state index contributed by atoms with van der Waals surface area (Å²) >= 11 is 9.28. The average Bonchev–Trinajstić information content (AvgIpc) is 2.51. The second kappa shape index (κ2) is 4.51. The lowest BCUT2D eigenvalue weighted by atomic mass is 10.1. The first-order valence-electron chi connectivity index (χ1n) is 6.11. The summed E-state index contributed by atoms with van der Waals surface area (Å²) in [6.45, 7) is 0. The van der Waals surface area contributed by atoms with Crippen LogP contribution in [0.5, 0.6) is 0 Å². The topological polar surface area (TPSA) is 56.0 Å².